The fraction of sp³-hybridized carbons (Fsp3) is 0.280. The van der Waals surface area contributed by atoms with Gasteiger partial charge in [0, 0.05) is 17.4 Å². The zero-order valence-corrected chi connectivity index (χ0v) is 19.7. The first-order valence-electron chi connectivity index (χ1n) is 10.9. The predicted octanol–water partition coefficient (Wildman–Crippen LogP) is 5.87. The molecule has 176 valence electrons. The van der Waals surface area contributed by atoms with Crippen LogP contribution in [0.15, 0.2) is 59.3 Å². The molecule has 0 saturated heterocycles. The Hall–Kier alpha value is -4.14. The first-order chi connectivity index (χ1) is 16.1. The molecule has 9 heteroatoms. The Morgan fingerprint density at radius 3 is 2.32 bits per heavy atom. The first kappa shape index (κ1) is 23.0. The minimum absolute atomic E-state index is 0.0674. The smallest absolute Gasteiger partial charge is 0.412 e. The van der Waals surface area contributed by atoms with E-state index in [0.29, 0.717) is 39.4 Å². The highest BCUT2D eigenvalue weighted by Crippen LogP contribution is 2.27. The molecule has 9 nitrogen and oxygen atoms in total. The number of amides is 2. The highest BCUT2D eigenvalue weighted by atomic mass is 16.6. The van der Waals surface area contributed by atoms with Crippen LogP contribution in [0.2, 0.25) is 0 Å². The average Bonchev–Trinajstić information content (AvgIpc) is 3.43. The summed E-state index contributed by atoms with van der Waals surface area (Å²) < 4.78 is 12.5. The molecule has 0 atom stereocenters. The van der Waals surface area contributed by atoms with E-state index in [9.17, 15) is 9.59 Å². The molecule has 2 amide bonds. The van der Waals surface area contributed by atoms with E-state index in [1.165, 1.54) is 0 Å². The molecule has 1 aromatic carbocycles. The van der Waals surface area contributed by atoms with E-state index in [2.05, 4.69) is 20.7 Å². The van der Waals surface area contributed by atoms with E-state index in [0.717, 1.165) is 0 Å². The highest BCUT2D eigenvalue weighted by Gasteiger charge is 2.20. The number of fused-ring (bicyclic) bond motifs is 1. The normalized spacial score (nSPS) is 11.6. The molecule has 0 aliphatic heterocycles. The monoisotopic (exact) mass is 461 g/mol. The Morgan fingerprint density at radius 1 is 1.06 bits per heavy atom. The summed E-state index contributed by atoms with van der Waals surface area (Å²) in [5.41, 5.74) is 2.11. The molecule has 0 spiro atoms. The van der Waals surface area contributed by atoms with Crippen LogP contribution < -0.4 is 10.6 Å². The van der Waals surface area contributed by atoms with Gasteiger partial charge in [-0.2, -0.15) is 5.10 Å². The lowest BCUT2D eigenvalue weighted by Gasteiger charge is -2.19. The van der Waals surface area contributed by atoms with E-state index in [4.69, 9.17) is 9.15 Å². The minimum atomic E-state index is -0.592. The largest absolute Gasteiger partial charge is 0.463 e. The van der Waals surface area contributed by atoms with Gasteiger partial charge in [0.05, 0.1) is 23.4 Å². The zero-order chi connectivity index (χ0) is 24.5. The Kier molecular flexibility index (Phi) is 6.10. The van der Waals surface area contributed by atoms with Crippen LogP contribution in [0.25, 0.3) is 22.5 Å². The van der Waals surface area contributed by atoms with Crippen LogP contribution in [0.1, 0.15) is 51.0 Å². The van der Waals surface area contributed by atoms with Gasteiger partial charge < -0.3 is 14.5 Å². The van der Waals surface area contributed by atoms with Crippen molar-refractivity contribution < 1.29 is 18.7 Å². The SMILES string of the molecule is CC(C)n1ncc2c(C(=O)Nc3ccc(NC(=O)OC(C)(C)C)cc3)cc(-c3ccco3)nc21. The third kappa shape index (κ3) is 5.09. The number of pyridine rings is 1. The van der Waals surface area contributed by atoms with Crippen molar-refractivity contribution in [2.45, 2.75) is 46.3 Å². The van der Waals surface area contributed by atoms with Crippen molar-refractivity contribution in [1.82, 2.24) is 14.8 Å². The molecule has 3 heterocycles. The van der Waals surface area contributed by atoms with Crippen LogP contribution in [-0.2, 0) is 4.74 Å². The summed E-state index contributed by atoms with van der Waals surface area (Å²) in [5, 5.41) is 10.6. The number of carbonyl (C=O) groups excluding carboxylic acids is 2. The second-order valence-corrected chi connectivity index (χ2v) is 9.11. The maximum absolute atomic E-state index is 13.3. The molecule has 2 N–H and O–H groups in total. The van der Waals surface area contributed by atoms with Gasteiger partial charge in [0.15, 0.2) is 11.4 Å². The summed E-state index contributed by atoms with van der Waals surface area (Å²) in [5.74, 6) is 0.251. The van der Waals surface area contributed by atoms with Crippen molar-refractivity contribution in [3.05, 3.63) is 60.5 Å². The standard InChI is InChI=1S/C25H27N5O4/c1-15(2)30-22-19(14-26-30)18(13-20(29-22)21-7-6-12-33-21)23(31)27-16-8-10-17(11-9-16)28-24(32)34-25(3,4)5/h6-15H,1-5H3,(H,27,31)(H,28,32). The summed E-state index contributed by atoms with van der Waals surface area (Å²) in [7, 11) is 0. The van der Waals surface area contributed by atoms with Gasteiger partial charge in [-0.3, -0.25) is 10.1 Å². The minimum Gasteiger partial charge on any atom is -0.463 e. The van der Waals surface area contributed by atoms with Crippen molar-refractivity contribution >= 4 is 34.4 Å². The molecular weight excluding hydrogens is 434 g/mol. The fourth-order valence-electron chi connectivity index (χ4n) is 3.39. The third-order valence-electron chi connectivity index (χ3n) is 4.86. The molecule has 0 bridgehead atoms. The Balaban J connectivity index is 1.59. The number of rotatable bonds is 5. The second-order valence-electron chi connectivity index (χ2n) is 9.11. The lowest BCUT2D eigenvalue weighted by molar-refractivity contribution is 0.0635. The second kappa shape index (κ2) is 9.01. The van der Waals surface area contributed by atoms with Crippen LogP contribution in [0.3, 0.4) is 0 Å². The van der Waals surface area contributed by atoms with E-state index in [-0.39, 0.29) is 11.9 Å². The molecule has 0 aliphatic carbocycles. The molecule has 4 rings (SSSR count). The van der Waals surface area contributed by atoms with Crippen molar-refractivity contribution in [2.75, 3.05) is 10.6 Å². The number of furan rings is 1. The molecule has 0 radical (unpaired) electrons. The maximum atomic E-state index is 13.3. The third-order valence-corrected chi connectivity index (χ3v) is 4.86. The number of nitrogens with one attached hydrogen (secondary N) is 2. The summed E-state index contributed by atoms with van der Waals surface area (Å²) in [6, 6.07) is 12.1. The number of aromatic nitrogens is 3. The number of anilines is 2. The van der Waals surface area contributed by atoms with E-state index >= 15 is 0 Å². The number of ether oxygens (including phenoxy) is 1. The van der Waals surface area contributed by atoms with Crippen LogP contribution >= 0.6 is 0 Å². The van der Waals surface area contributed by atoms with Gasteiger partial charge in [-0.05, 0) is 77.1 Å². The van der Waals surface area contributed by atoms with Crippen molar-refractivity contribution in [3.8, 4) is 11.5 Å². The molecule has 0 unspecified atom stereocenters. The van der Waals surface area contributed by atoms with Gasteiger partial charge >= 0.3 is 6.09 Å². The van der Waals surface area contributed by atoms with Crippen LogP contribution in [0.4, 0.5) is 16.2 Å². The van der Waals surface area contributed by atoms with Gasteiger partial charge in [-0.25, -0.2) is 14.5 Å². The van der Waals surface area contributed by atoms with E-state index < -0.39 is 11.7 Å². The average molecular weight is 462 g/mol. The molecular formula is C25H27N5O4. The summed E-state index contributed by atoms with van der Waals surface area (Å²) in [4.78, 5) is 29.9. The summed E-state index contributed by atoms with van der Waals surface area (Å²) >= 11 is 0. The highest BCUT2D eigenvalue weighted by molar-refractivity contribution is 6.12. The van der Waals surface area contributed by atoms with Gasteiger partial charge in [-0.1, -0.05) is 0 Å². The first-order valence-corrected chi connectivity index (χ1v) is 10.9. The van der Waals surface area contributed by atoms with Gasteiger partial charge in [0.25, 0.3) is 5.91 Å². The predicted molar refractivity (Wildman–Crippen MR) is 130 cm³/mol. The number of hydrogen-bond acceptors (Lipinski definition) is 6. The maximum Gasteiger partial charge on any atom is 0.412 e. The summed E-state index contributed by atoms with van der Waals surface area (Å²) in [6.45, 7) is 9.39. The summed E-state index contributed by atoms with van der Waals surface area (Å²) in [6.07, 6.45) is 2.67. The van der Waals surface area contributed by atoms with Gasteiger partial charge in [-0.15, -0.1) is 0 Å². The molecule has 0 aliphatic rings. The Morgan fingerprint density at radius 2 is 1.74 bits per heavy atom. The van der Waals surface area contributed by atoms with Crippen molar-refractivity contribution in [2.24, 2.45) is 0 Å². The van der Waals surface area contributed by atoms with E-state index in [1.54, 1.807) is 80.4 Å². The lowest BCUT2D eigenvalue weighted by atomic mass is 10.1. The van der Waals surface area contributed by atoms with Crippen LogP contribution in [0, 0.1) is 0 Å². The topological polar surface area (TPSA) is 111 Å². The lowest BCUT2D eigenvalue weighted by Crippen LogP contribution is -2.27. The zero-order valence-electron chi connectivity index (χ0n) is 19.7. The fourth-order valence-corrected chi connectivity index (χ4v) is 3.39. The molecule has 0 fully saturated rings. The Labute approximate surface area is 197 Å². The quantitative estimate of drug-likeness (QED) is 0.384. The molecule has 4 aromatic rings. The molecule has 3 aromatic heterocycles. The van der Waals surface area contributed by atoms with E-state index in [1.807, 2.05) is 13.8 Å². The van der Waals surface area contributed by atoms with Crippen molar-refractivity contribution in [1.29, 1.82) is 0 Å². The van der Waals surface area contributed by atoms with Crippen LogP contribution in [-0.4, -0.2) is 32.4 Å². The van der Waals surface area contributed by atoms with Crippen LogP contribution in [0.5, 0.6) is 0 Å². The van der Waals surface area contributed by atoms with Gasteiger partial charge in [0.1, 0.15) is 11.3 Å². The van der Waals surface area contributed by atoms with Gasteiger partial charge in [0.2, 0.25) is 0 Å². The number of carbonyl (C=O) groups is 2. The Bertz CT molecular complexity index is 1320. The molecule has 0 saturated carbocycles. The number of benzene rings is 1. The molecule has 34 heavy (non-hydrogen) atoms. The van der Waals surface area contributed by atoms with Crippen molar-refractivity contribution in [3.63, 3.8) is 0 Å². The number of hydrogen-bond donors (Lipinski definition) is 2. The number of nitrogens with zero attached hydrogens (tertiary/aromatic N) is 3.